The molecule has 0 aliphatic heterocycles. The number of hydrogen-bond donors (Lipinski definition) is 3. The van der Waals surface area contributed by atoms with E-state index in [1.165, 1.54) is 161 Å². The number of carbonyl (C=O) groups is 4. The van der Waals surface area contributed by atoms with Crippen molar-refractivity contribution in [2.75, 3.05) is 39.6 Å². The third-order valence-corrected chi connectivity index (χ3v) is 19.2. The number of allylic oxidation sites excluding steroid dienone is 4. The second-order valence-corrected chi connectivity index (χ2v) is 29.5. The minimum absolute atomic E-state index is 0.102. The molecule has 3 N–H and O–H groups in total. The van der Waals surface area contributed by atoms with Gasteiger partial charge in [0.1, 0.15) is 19.3 Å². The van der Waals surface area contributed by atoms with E-state index in [0.29, 0.717) is 25.7 Å². The minimum Gasteiger partial charge on any atom is -0.462 e. The molecule has 19 heteroatoms. The predicted molar refractivity (Wildman–Crippen MR) is 381 cm³/mol. The fourth-order valence-electron chi connectivity index (χ4n) is 11.0. The molecule has 0 aromatic carbocycles. The van der Waals surface area contributed by atoms with Crippen molar-refractivity contribution in [3.8, 4) is 0 Å². The standard InChI is InChI=1S/C75H142O17P2/c1-6-10-13-16-19-21-23-24-29-33-36-40-44-49-54-59-73(78)86-65-71(92-75(80)61-56-51-46-41-37-34-31-28-26-25-27-30-32-35-38-43-47-52-57-68(5)9-4)67-90-94(83,84)88-63-69(76)62-87-93(81,82)89-66-70(64-85-72(77)58-53-48-42-18-15-12-8-3)91-74(79)60-55-50-45-39-22-20-17-14-11-7-2/h21,23-24,29,68-71,76H,6-20,22,25-28,30-67H2,1-5H3,(H,81,82)(H,83,84)/b23-21-,29-24-/t68?,69-,70+,71+/m0/s1. The number of ether oxygens (including phenoxy) is 4. The van der Waals surface area contributed by atoms with Gasteiger partial charge in [-0.1, -0.05) is 316 Å². The fraction of sp³-hybridized carbons (Fsp3) is 0.893. The van der Waals surface area contributed by atoms with Gasteiger partial charge in [0.25, 0.3) is 0 Å². The summed E-state index contributed by atoms with van der Waals surface area (Å²) in [5, 5.41) is 10.6. The van der Waals surface area contributed by atoms with Gasteiger partial charge in [-0.15, -0.1) is 0 Å². The molecule has 3 unspecified atom stereocenters. The second-order valence-electron chi connectivity index (χ2n) is 26.6. The van der Waals surface area contributed by atoms with Crippen LogP contribution in [0.25, 0.3) is 0 Å². The van der Waals surface area contributed by atoms with E-state index in [2.05, 4.69) is 58.9 Å². The van der Waals surface area contributed by atoms with Gasteiger partial charge in [0.15, 0.2) is 12.2 Å². The van der Waals surface area contributed by atoms with Crippen LogP contribution in [0.5, 0.6) is 0 Å². The Morgan fingerprint density at radius 3 is 0.904 bits per heavy atom. The van der Waals surface area contributed by atoms with E-state index in [-0.39, 0.29) is 25.7 Å². The van der Waals surface area contributed by atoms with E-state index < -0.39 is 97.5 Å². The number of aliphatic hydroxyl groups excluding tert-OH is 1. The molecule has 0 rings (SSSR count). The number of aliphatic hydroxyl groups is 1. The molecule has 0 aromatic rings. The number of unbranched alkanes of at least 4 members (excludes halogenated alkanes) is 41. The van der Waals surface area contributed by atoms with Gasteiger partial charge in [-0.3, -0.25) is 37.3 Å². The third kappa shape index (κ3) is 66.8. The van der Waals surface area contributed by atoms with Crippen LogP contribution in [-0.2, 0) is 65.4 Å². The number of phosphoric acid groups is 2. The van der Waals surface area contributed by atoms with E-state index in [0.717, 1.165) is 128 Å². The molecule has 0 fully saturated rings. The maximum absolute atomic E-state index is 13.1. The highest BCUT2D eigenvalue weighted by Crippen LogP contribution is 2.45. The fourth-order valence-corrected chi connectivity index (χ4v) is 12.5. The molecule has 0 spiro atoms. The summed E-state index contributed by atoms with van der Waals surface area (Å²) in [4.78, 5) is 72.5. The summed E-state index contributed by atoms with van der Waals surface area (Å²) in [6.45, 7) is 7.23. The largest absolute Gasteiger partial charge is 0.472 e. The normalized spacial score (nSPS) is 14.4. The van der Waals surface area contributed by atoms with Gasteiger partial charge in [-0.2, -0.15) is 0 Å². The van der Waals surface area contributed by atoms with Crippen molar-refractivity contribution in [1.82, 2.24) is 0 Å². The number of rotatable bonds is 73. The molecule has 0 heterocycles. The van der Waals surface area contributed by atoms with Gasteiger partial charge in [0.2, 0.25) is 0 Å². The van der Waals surface area contributed by atoms with Crippen molar-refractivity contribution in [3.63, 3.8) is 0 Å². The van der Waals surface area contributed by atoms with Gasteiger partial charge in [0.05, 0.1) is 26.4 Å². The number of hydrogen-bond acceptors (Lipinski definition) is 15. The lowest BCUT2D eigenvalue weighted by Crippen LogP contribution is -2.30. The summed E-state index contributed by atoms with van der Waals surface area (Å²) in [7, 11) is -9.91. The molecular formula is C75H142O17P2. The topological polar surface area (TPSA) is 237 Å². The van der Waals surface area contributed by atoms with Crippen LogP contribution in [0.3, 0.4) is 0 Å². The molecule has 0 aliphatic rings. The van der Waals surface area contributed by atoms with Crippen LogP contribution in [0.4, 0.5) is 0 Å². The first-order valence-corrected chi connectivity index (χ1v) is 41.5. The van der Waals surface area contributed by atoms with Gasteiger partial charge in [-0.25, -0.2) is 9.13 Å². The Kier molecular flexibility index (Phi) is 65.9. The van der Waals surface area contributed by atoms with E-state index >= 15 is 0 Å². The average Bonchev–Trinajstić information content (AvgIpc) is 1.61. The smallest absolute Gasteiger partial charge is 0.462 e. The average molecular weight is 1380 g/mol. The maximum atomic E-state index is 13.1. The first-order valence-electron chi connectivity index (χ1n) is 38.5. The van der Waals surface area contributed by atoms with Crippen LogP contribution in [0.2, 0.25) is 0 Å². The number of phosphoric ester groups is 2. The van der Waals surface area contributed by atoms with Crippen molar-refractivity contribution >= 4 is 39.5 Å². The summed E-state index contributed by atoms with van der Waals surface area (Å²) in [6, 6.07) is 0. The van der Waals surface area contributed by atoms with Crippen LogP contribution in [0.15, 0.2) is 24.3 Å². The van der Waals surface area contributed by atoms with Crippen LogP contribution in [0, 0.1) is 5.92 Å². The molecule has 94 heavy (non-hydrogen) atoms. The first-order chi connectivity index (χ1) is 45.6. The molecule has 0 radical (unpaired) electrons. The third-order valence-electron chi connectivity index (χ3n) is 17.3. The summed E-state index contributed by atoms with van der Waals surface area (Å²) in [5.74, 6) is -1.28. The zero-order valence-electron chi connectivity index (χ0n) is 60.6. The van der Waals surface area contributed by atoms with E-state index in [4.69, 9.17) is 37.0 Å². The van der Waals surface area contributed by atoms with E-state index in [1.54, 1.807) is 0 Å². The highest BCUT2D eigenvalue weighted by Gasteiger charge is 2.30. The second kappa shape index (κ2) is 67.7. The van der Waals surface area contributed by atoms with Crippen molar-refractivity contribution in [3.05, 3.63) is 24.3 Å². The Labute approximate surface area is 573 Å². The Hall–Kier alpha value is -2.46. The van der Waals surface area contributed by atoms with Gasteiger partial charge >= 0.3 is 39.5 Å². The van der Waals surface area contributed by atoms with Crippen molar-refractivity contribution in [2.24, 2.45) is 5.92 Å². The summed E-state index contributed by atoms with van der Waals surface area (Å²) < 4.78 is 68.2. The zero-order chi connectivity index (χ0) is 69.1. The molecule has 0 bridgehead atoms. The van der Waals surface area contributed by atoms with Crippen LogP contribution < -0.4 is 0 Å². The van der Waals surface area contributed by atoms with Gasteiger partial charge in [0, 0.05) is 25.7 Å². The SMILES string of the molecule is CCCCCC/C=C\C=C/CCCCCCCC(=O)OC[C@H](COP(=O)(O)OC[C@@H](O)COP(=O)(O)OC[C@@H](COC(=O)CCCCCCCCC)OC(=O)CCCCCCCCCCCC)OC(=O)CCCCCCCCCCCCCCCCCCCCC(C)CC. The molecule has 0 aromatic heterocycles. The quantitative estimate of drug-likeness (QED) is 0.0169. The number of esters is 4. The molecule has 0 saturated carbocycles. The van der Waals surface area contributed by atoms with Crippen molar-refractivity contribution in [2.45, 2.75) is 387 Å². The Balaban J connectivity index is 5.18. The van der Waals surface area contributed by atoms with E-state index in [9.17, 15) is 43.2 Å². The molecule has 0 saturated heterocycles. The Morgan fingerprint density at radius 2 is 0.596 bits per heavy atom. The van der Waals surface area contributed by atoms with Gasteiger partial charge < -0.3 is 33.8 Å². The molecule has 17 nitrogen and oxygen atoms in total. The predicted octanol–water partition coefficient (Wildman–Crippen LogP) is 21.6. The molecule has 554 valence electrons. The van der Waals surface area contributed by atoms with E-state index in [1.807, 2.05) is 0 Å². The highest BCUT2D eigenvalue weighted by atomic mass is 31.2. The Bertz CT molecular complexity index is 1900. The molecular weight excluding hydrogens is 1230 g/mol. The summed E-state index contributed by atoms with van der Waals surface area (Å²) >= 11 is 0. The van der Waals surface area contributed by atoms with Crippen LogP contribution >= 0.6 is 15.6 Å². The van der Waals surface area contributed by atoms with Gasteiger partial charge in [-0.05, 0) is 57.3 Å². The van der Waals surface area contributed by atoms with Crippen LogP contribution in [-0.4, -0.2) is 96.7 Å². The molecule has 0 aliphatic carbocycles. The number of carbonyl (C=O) groups excluding carboxylic acids is 4. The molecule has 6 atom stereocenters. The molecule has 0 amide bonds. The van der Waals surface area contributed by atoms with Crippen LogP contribution in [0.1, 0.15) is 369 Å². The highest BCUT2D eigenvalue weighted by molar-refractivity contribution is 7.47. The lowest BCUT2D eigenvalue weighted by atomic mass is 9.99. The zero-order valence-corrected chi connectivity index (χ0v) is 62.4. The summed E-state index contributed by atoms with van der Waals surface area (Å²) in [5.41, 5.74) is 0. The first kappa shape index (κ1) is 91.5. The maximum Gasteiger partial charge on any atom is 0.472 e. The minimum atomic E-state index is -4.96. The summed E-state index contributed by atoms with van der Waals surface area (Å²) in [6.07, 6.45) is 59.3. The van der Waals surface area contributed by atoms with Crippen molar-refractivity contribution in [1.29, 1.82) is 0 Å². The Morgan fingerprint density at radius 1 is 0.340 bits per heavy atom. The lowest BCUT2D eigenvalue weighted by molar-refractivity contribution is -0.161. The lowest BCUT2D eigenvalue weighted by Gasteiger charge is -2.21. The van der Waals surface area contributed by atoms with Crippen molar-refractivity contribution < 1.29 is 80.2 Å². The monoisotopic (exact) mass is 1380 g/mol.